The van der Waals surface area contributed by atoms with Crippen LogP contribution < -0.4 is 5.73 Å². The Labute approximate surface area is 111 Å². The standard InChI is InChI=1S/C14H19BrFN/c1-9-3-2-4-11(9)14(17)8-10-5-6-13(16)12(15)7-10/h5-7,9,11,14H,2-4,8,17H2,1H3. The predicted octanol–water partition coefficient (Wildman–Crippen LogP) is 3.89. The first-order chi connectivity index (χ1) is 8.08. The lowest BCUT2D eigenvalue weighted by Gasteiger charge is -2.23. The summed E-state index contributed by atoms with van der Waals surface area (Å²) in [5.41, 5.74) is 7.40. The van der Waals surface area contributed by atoms with Gasteiger partial charge >= 0.3 is 0 Å². The fourth-order valence-electron chi connectivity index (χ4n) is 2.90. The first-order valence-electron chi connectivity index (χ1n) is 6.27. The number of halogens is 2. The van der Waals surface area contributed by atoms with E-state index in [0.717, 1.165) is 17.9 Å². The van der Waals surface area contributed by atoms with E-state index in [0.29, 0.717) is 10.4 Å². The maximum atomic E-state index is 13.1. The van der Waals surface area contributed by atoms with Crippen LogP contribution in [0.3, 0.4) is 0 Å². The number of benzene rings is 1. The van der Waals surface area contributed by atoms with E-state index < -0.39 is 0 Å². The van der Waals surface area contributed by atoms with Crippen molar-refractivity contribution in [2.75, 3.05) is 0 Å². The Morgan fingerprint density at radius 2 is 2.24 bits per heavy atom. The smallest absolute Gasteiger partial charge is 0.137 e. The van der Waals surface area contributed by atoms with Crippen molar-refractivity contribution in [2.45, 2.75) is 38.6 Å². The van der Waals surface area contributed by atoms with E-state index in [9.17, 15) is 4.39 Å². The number of hydrogen-bond acceptors (Lipinski definition) is 1. The van der Waals surface area contributed by atoms with E-state index in [4.69, 9.17) is 5.73 Å². The number of nitrogens with two attached hydrogens (primary N) is 1. The Bertz CT molecular complexity index is 394. The van der Waals surface area contributed by atoms with Gasteiger partial charge in [-0.3, -0.25) is 0 Å². The zero-order valence-corrected chi connectivity index (χ0v) is 11.7. The lowest BCUT2D eigenvalue weighted by molar-refractivity contribution is 0.343. The van der Waals surface area contributed by atoms with Crippen LogP contribution in [0.2, 0.25) is 0 Å². The van der Waals surface area contributed by atoms with Crippen LogP contribution in [0.1, 0.15) is 31.7 Å². The normalized spacial score (nSPS) is 26.1. The molecule has 0 amide bonds. The van der Waals surface area contributed by atoms with E-state index >= 15 is 0 Å². The summed E-state index contributed by atoms with van der Waals surface area (Å²) >= 11 is 3.22. The van der Waals surface area contributed by atoms with Crippen molar-refractivity contribution < 1.29 is 4.39 Å². The molecule has 1 fully saturated rings. The van der Waals surface area contributed by atoms with Crippen LogP contribution in [0.15, 0.2) is 22.7 Å². The van der Waals surface area contributed by atoms with Gasteiger partial charge in [0.1, 0.15) is 5.82 Å². The quantitative estimate of drug-likeness (QED) is 0.900. The molecule has 2 rings (SSSR count). The van der Waals surface area contributed by atoms with Crippen molar-refractivity contribution in [3.8, 4) is 0 Å². The van der Waals surface area contributed by atoms with Crippen LogP contribution in [0.25, 0.3) is 0 Å². The molecule has 3 heteroatoms. The minimum absolute atomic E-state index is 0.199. The number of rotatable bonds is 3. The van der Waals surface area contributed by atoms with Crippen LogP contribution in [0.5, 0.6) is 0 Å². The van der Waals surface area contributed by atoms with Crippen LogP contribution in [0, 0.1) is 17.7 Å². The molecular formula is C14H19BrFN. The van der Waals surface area contributed by atoms with Crippen molar-refractivity contribution in [1.82, 2.24) is 0 Å². The summed E-state index contributed by atoms with van der Waals surface area (Å²) in [7, 11) is 0. The fourth-order valence-corrected chi connectivity index (χ4v) is 3.33. The molecular weight excluding hydrogens is 281 g/mol. The summed E-state index contributed by atoms with van der Waals surface area (Å²) in [6, 6.07) is 5.38. The topological polar surface area (TPSA) is 26.0 Å². The van der Waals surface area contributed by atoms with Gasteiger partial charge in [-0.25, -0.2) is 4.39 Å². The van der Waals surface area contributed by atoms with Gasteiger partial charge in [0.25, 0.3) is 0 Å². The SMILES string of the molecule is CC1CCCC1C(N)Cc1ccc(F)c(Br)c1. The fraction of sp³-hybridized carbons (Fsp3) is 0.571. The third-order valence-electron chi connectivity index (χ3n) is 3.93. The first-order valence-corrected chi connectivity index (χ1v) is 7.06. The monoisotopic (exact) mass is 299 g/mol. The second kappa shape index (κ2) is 5.49. The molecule has 3 atom stereocenters. The molecule has 1 aromatic carbocycles. The van der Waals surface area contributed by atoms with Gasteiger partial charge in [0.15, 0.2) is 0 Å². The highest BCUT2D eigenvalue weighted by Gasteiger charge is 2.28. The Morgan fingerprint density at radius 1 is 1.47 bits per heavy atom. The molecule has 1 nitrogen and oxygen atoms in total. The van der Waals surface area contributed by atoms with E-state index in [1.165, 1.54) is 25.3 Å². The molecule has 0 saturated heterocycles. The third-order valence-corrected chi connectivity index (χ3v) is 4.54. The average Bonchev–Trinajstić information content (AvgIpc) is 2.70. The minimum Gasteiger partial charge on any atom is -0.327 e. The summed E-state index contributed by atoms with van der Waals surface area (Å²) in [5, 5.41) is 0. The minimum atomic E-state index is -0.212. The molecule has 0 bridgehead atoms. The predicted molar refractivity (Wildman–Crippen MR) is 72.3 cm³/mol. The zero-order valence-electron chi connectivity index (χ0n) is 10.1. The van der Waals surface area contributed by atoms with Crippen LogP contribution in [0.4, 0.5) is 4.39 Å². The maximum Gasteiger partial charge on any atom is 0.137 e. The van der Waals surface area contributed by atoms with Crippen LogP contribution in [-0.4, -0.2) is 6.04 Å². The molecule has 0 aromatic heterocycles. The summed E-state index contributed by atoms with van der Waals surface area (Å²) in [6.07, 6.45) is 4.68. The second-order valence-corrected chi connectivity index (χ2v) is 6.04. The van der Waals surface area contributed by atoms with Gasteiger partial charge in [0.05, 0.1) is 4.47 Å². The molecule has 94 valence electrons. The average molecular weight is 300 g/mol. The molecule has 0 aliphatic heterocycles. The van der Waals surface area contributed by atoms with Gasteiger partial charge in [-0.05, 0) is 58.3 Å². The molecule has 3 unspecified atom stereocenters. The van der Waals surface area contributed by atoms with Crippen molar-refractivity contribution in [3.63, 3.8) is 0 Å². The molecule has 1 saturated carbocycles. The Morgan fingerprint density at radius 3 is 2.82 bits per heavy atom. The Kier molecular flexibility index (Phi) is 4.21. The first kappa shape index (κ1) is 13.0. The Hall–Kier alpha value is -0.410. The van der Waals surface area contributed by atoms with Gasteiger partial charge in [0, 0.05) is 6.04 Å². The van der Waals surface area contributed by atoms with Crippen molar-refractivity contribution in [2.24, 2.45) is 17.6 Å². The van der Waals surface area contributed by atoms with Crippen LogP contribution in [-0.2, 0) is 6.42 Å². The Balaban J connectivity index is 2.02. The molecule has 1 aliphatic rings. The summed E-state index contributed by atoms with van der Waals surface area (Å²) in [4.78, 5) is 0. The van der Waals surface area contributed by atoms with Crippen molar-refractivity contribution in [3.05, 3.63) is 34.1 Å². The van der Waals surface area contributed by atoms with Crippen molar-refractivity contribution in [1.29, 1.82) is 0 Å². The molecule has 0 radical (unpaired) electrons. The lowest BCUT2D eigenvalue weighted by Crippen LogP contribution is -2.33. The molecule has 0 heterocycles. The summed E-state index contributed by atoms with van der Waals surface area (Å²) in [5.74, 6) is 1.14. The molecule has 17 heavy (non-hydrogen) atoms. The van der Waals surface area contributed by atoms with Gasteiger partial charge in [-0.15, -0.1) is 0 Å². The van der Waals surface area contributed by atoms with Gasteiger partial charge in [-0.2, -0.15) is 0 Å². The zero-order chi connectivity index (χ0) is 12.4. The van der Waals surface area contributed by atoms with Crippen molar-refractivity contribution >= 4 is 15.9 Å². The second-order valence-electron chi connectivity index (χ2n) is 5.19. The van der Waals surface area contributed by atoms with E-state index in [1.807, 2.05) is 12.1 Å². The molecule has 1 aliphatic carbocycles. The van der Waals surface area contributed by atoms with E-state index in [2.05, 4.69) is 22.9 Å². The highest BCUT2D eigenvalue weighted by Crippen LogP contribution is 2.34. The van der Waals surface area contributed by atoms with E-state index in [-0.39, 0.29) is 11.9 Å². The molecule has 0 spiro atoms. The summed E-state index contributed by atoms with van der Waals surface area (Å²) < 4.78 is 13.7. The van der Waals surface area contributed by atoms with E-state index in [1.54, 1.807) is 0 Å². The number of hydrogen-bond donors (Lipinski definition) is 1. The van der Waals surface area contributed by atoms with Gasteiger partial charge in [0.2, 0.25) is 0 Å². The highest BCUT2D eigenvalue weighted by molar-refractivity contribution is 9.10. The maximum absolute atomic E-state index is 13.1. The molecule has 2 N–H and O–H groups in total. The highest BCUT2D eigenvalue weighted by atomic mass is 79.9. The van der Waals surface area contributed by atoms with Gasteiger partial charge < -0.3 is 5.73 Å². The van der Waals surface area contributed by atoms with Crippen LogP contribution >= 0.6 is 15.9 Å². The largest absolute Gasteiger partial charge is 0.327 e. The van der Waals surface area contributed by atoms with Gasteiger partial charge in [-0.1, -0.05) is 25.8 Å². The lowest BCUT2D eigenvalue weighted by atomic mass is 9.87. The molecule has 1 aromatic rings. The third kappa shape index (κ3) is 3.08. The summed E-state index contributed by atoms with van der Waals surface area (Å²) in [6.45, 7) is 2.29.